The lowest BCUT2D eigenvalue weighted by molar-refractivity contribution is -0.115. The van der Waals surface area contributed by atoms with Gasteiger partial charge in [-0.25, -0.2) is 0 Å². The van der Waals surface area contributed by atoms with Crippen LogP contribution in [0.2, 0.25) is 0 Å². The molecule has 0 bridgehead atoms. The molecule has 1 aromatic heterocycles. The van der Waals surface area contributed by atoms with Crippen molar-refractivity contribution in [2.45, 2.75) is 23.5 Å². The highest BCUT2D eigenvalue weighted by Gasteiger charge is 2.28. The topological polar surface area (TPSA) is 95.7 Å². The minimum atomic E-state index is -0.491. The highest BCUT2D eigenvalue weighted by Crippen LogP contribution is 2.36. The molecule has 0 saturated heterocycles. The maximum absolute atomic E-state index is 12.4. The Labute approximate surface area is 171 Å². The minimum Gasteiger partial charge on any atom is -0.497 e. The first kappa shape index (κ1) is 19.1. The van der Waals surface area contributed by atoms with Crippen molar-refractivity contribution in [1.82, 2.24) is 10.2 Å². The van der Waals surface area contributed by atoms with E-state index in [1.54, 1.807) is 38.3 Å². The Morgan fingerprint density at radius 3 is 2.69 bits per heavy atom. The van der Waals surface area contributed by atoms with Crippen LogP contribution in [0.1, 0.15) is 18.9 Å². The minimum absolute atomic E-state index is 0.175. The number of ether oxygens (including phenoxy) is 3. The van der Waals surface area contributed by atoms with Crippen molar-refractivity contribution in [3.63, 3.8) is 0 Å². The van der Waals surface area contributed by atoms with Crippen molar-refractivity contribution in [1.29, 1.82) is 0 Å². The molecule has 0 saturated carbocycles. The molecule has 2 heterocycles. The molecule has 0 unspecified atom stereocenters. The summed E-state index contributed by atoms with van der Waals surface area (Å²) in [5, 5.41) is 10.8. The van der Waals surface area contributed by atoms with Crippen LogP contribution in [0.4, 0.5) is 5.69 Å². The molecule has 8 nitrogen and oxygen atoms in total. The molecule has 1 N–H and O–H groups in total. The number of hydrogen-bond acceptors (Lipinski definition) is 8. The van der Waals surface area contributed by atoms with E-state index in [-0.39, 0.29) is 12.5 Å². The number of anilines is 1. The van der Waals surface area contributed by atoms with Crippen LogP contribution in [0, 0.1) is 0 Å². The molecule has 29 heavy (non-hydrogen) atoms. The van der Waals surface area contributed by atoms with Gasteiger partial charge in [-0.05, 0) is 43.3 Å². The standard InChI is InChI=1S/C20H19N3O5S/c1-12(18(24)21-13-7-9-14(25-2)10-8-13)29-20-23-22-19(28-20)17-11-26-15-5-3-4-6-16(15)27-17/h3-10,12,17H,11H2,1-2H3,(H,21,24)/t12-,17+/m1/s1. The summed E-state index contributed by atoms with van der Waals surface area (Å²) < 4.78 is 22.3. The maximum Gasteiger partial charge on any atom is 0.277 e. The first-order valence-corrected chi connectivity index (χ1v) is 9.84. The first-order chi connectivity index (χ1) is 14.1. The molecule has 1 aliphatic heterocycles. The van der Waals surface area contributed by atoms with E-state index in [1.165, 1.54) is 11.8 Å². The van der Waals surface area contributed by atoms with E-state index in [1.807, 2.05) is 24.3 Å². The van der Waals surface area contributed by atoms with Gasteiger partial charge in [-0.1, -0.05) is 23.9 Å². The van der Waals surface area contributed by atoms with Gasteiger partial charge in [0, 0.05) is 5.69 Å². The smallest absolute Gasteiger partial charge is 0.277 e. The highest BCUT2D eigenvalue weighted by atomic mass is 32.2. The zero-order valence-corrected chi connectivity index (χ0v) is 16.6. The fourth-order valence-electron chi connectivity index (χ4n) is 2.66. The largest absolute Gasteiger partial charge is 0.497 e. The molecule has 0 aliphatic carbocycles. The van der Waals surface area contributed by atoms with Gasteiger partial charge in [0.05, 0.1) is 12.4 Å². The van der Waals surface area contributed by atoms with Gasteiger partial charge >= 0.3 is 0 Å². The number of carbonyl (C=O) groups excluding carboxylic acids is 1. The fraction of sp³-hybridized carbons (Fsp3) is 0.250. The third-order valence-electron chi connectivity index (χ3n) is 4.21. The van der Waals surface area contributed by atoms with Crippen molar-refractivity contribution in [3.8, 4) is 17.2 Å². The lowest BCUT2D eigenvalue weighted by Crippen LogP contribution is -2.22. The van der Waals surface area contributed by atoms with Gasteiger partial charge in [-0.3, -0.25) is 4.79 Å². The van der Waals surface area contributed by atoms with Gasteiger partial charge in [0.1, 0.15) is 12.4 Å². The average Bonchev–Trinajstić information content (AvgIpc) is 3.22. The van der Waals surface area contributed by atoms with Crippen LogP contribution in [0.5, 0.6) is 17.2 Å². The molecule has 4 rings (SSSR count). The molecule has 2 atom stereocenters. The normalized spacial score (nSPS) is 16.1. The summed E-state index contributed by atoms with van der Waals surface area (Å²) in [5.41, 5.74) is 0.681. The Hall–Kier alpha value is -3.20. The molecule has 3 aromatic rings. The molecule has 1 aliphatic rings. The zero-order chi connectivity index (χ0) is 20.2. The summed E-state index contributed by atoms with van der Waals surface area (Å²) in [6.45, 7) is 2.04. The SMILES string of the molecule is COc1ccc(NC(=O)[C@@H](C)Sc2nnc([C@@H]3COc4ccccc4O3)o2)cc1. The van der Waals surface area contributed by atoms with E-state index in [4.69, 9.17) is 18.6 Å². The van der Waals surface area contributed by atoms with Gasteiger partial charge in [0.15, 0.2) is 11.5 Å². The van der Waals surface area contributed by atoms with E-state index in [0.717, 1.165) is 5.75 Å². The van der Waals surface area contributed by atoms with Gasteiger partial charge < -0.3 is 23.9 Å². The number of hydrogen-bond donors (Lipinski definition) is 1. The lowest BCUT2D eigenvalue weighted by Gasteiger charge is -2.23. The van der Waals surface area contributed by atoms with Gasteiger partial charge in [-0.2, -0.15) is 0 Å². The van der Waals surface area contributed by atoms with Crippen LogP contribution in [0.3, 0.4) is 0 Å². The number of nitrogens with one attached hydrogen (secondary N) is 1. The maximum atomic E-state index is 12.4. The van der Waals surface area contributed by atoms with Crippen LogP contribution in [0.15, 0.2) is 58.2 Å². The third-order valence-corrected chi connectivity index (χ3v) is 5.14. The third kappa shape index (κ3) is 4.45. The summed E-state index contributed by atoms with van der Waals surface area (Å²) in [4.78, 5) is 12.4. The molecule has 150 valence electrons. The van der Waals surface area contributed by atoms with E-state index in [9.17, 15) is 4.79 Å². The van der Waals surface area contributed by atoms with Gasteiger partial charge in [-0.15, -0.1) is 10.2 Å². The van der Waals surface area contributed by atoms with Crippen LogP contribution in [-0.4, -0.2) is 35.1 Å². The van der Waals surface area contributed by atoms with Crippen LogP contribution in [0.25, 0.3) is 0 Å². The second-order valence-electron chi connectivity index (χ2n) is 6.25. The number of rotatable bonds is 6. The highest BCUT2D eigenvalue weighted by molar-refractivity contribution is 8.00. The molecular formula is C20H19N3O5S. The number of benzene rings is 2. The van der Waals surface area contributed by atoms with E-state index >= 15 is 0 Å². The number of carbonyl (C=O) groups is 1. The number of nitrogens with zero attached hydrogens (tertiary/aromatic N) is 2. The number of aromatic nitrogens is 2. The summed E-state index contributed by atoms with van der Waals surface area (Å²) >= 11 is 1.18. The van der Waals surface area contributed by atoms with Crippen LogP contribution >= 0.6 is 11.8 Å². The number of amides is 1. The van der Waals surface area contributed by atoms with E-state index < -0.39 is 11.4 Å². The predicted molar refractivity (Wildman–Crippen MR) is 107 cm³/mol. The van der Waals surface area contributed by atoms with Crippen molar-refractivity contribution >= 4 is 23.4 Å². The van der Waals surface area contributed by atoms with Crippen LogP contribution in [-0.2, 0) is 4.79 Å². The number of para-hydroxylation sites is 2. The fourth-order valence-corrected chi connectivity index (χ4v) is 3.35. The Kier molecular flexibility index (Phi) is 5.57. The number of thioether (sulfide) groups is 1. The van der Waals surface area contributed by atoms with Crippen LogP contribution < -0.4 is 19.5 Å². The van der Waals surface area contributed by atoms with Crippen molar-refractivity contribution in [2.24, 2.45) is 0 Å². The van der Waals surface area contributed by atoms with Crippen molar-refractivity contribution in [3.05, 3.63) is 54.4 Å². The number of methoxy groups -OCH3 is 1. The first-order valence-electron chi connectivity index (χ1n) is 8.96. The average molecular weight is 413 g/mol. The Balaban J connectivity index is 1.35. The second-order valence-corrected chi connectivity index (χ2v) is 7.54. The second kappa shape index (κ2) is 8.44. The summed E-state index contributed by atoms with van der Waals surface area (Å²) in [6.07, 6.45) is -0.491. The zero-order valence-electron chi connectivity index (χ0n) is 15.8. The molecular weight excluding hydrogens is 394 g/mol. The van der Waals surface area contributed by atoms with Gasteiger partial charge in [0.2, 0.25) is 12.0 Å². The van der Waals surface area contributed by atoms with E-state index in [2.05, 4.69) is 15.5 Å². The molecule has 0 fully saturated rings. The quantitative estimate of drug-likeness (QED) is 0.611. The Morgan fingerprint density at radius 1 is 1.17 bits per heavy atom. The summed E-state index contributed by atoms with van der Waals surface area (Å²) in [5.74, 6) is 2.17. The predicted octanol–water partition coefficient (Wildman–Crippen LogP) is 3.71. The molecule has 0 radical (unpaired) electrons. The van der Waals surface area contributed by atoms with E-state index in [0.29, 0.717) is 28.3 Å². The van der Waals surface area contributed by atoms with Crippen molar-refractivity contribution < 1.29 is 23.4 Å². The molecule has 0 spiro atoms. The molecule has 9 heteroatoms. The van der Waals surface area contributed by atoms with Gasteiger partial charge in [0.25, 0.3) is 11.1 Å². The summed E-state index contributed by atoms with van der Waals surface area (Å²) in [6, 6.07) is 14.5. The Bertz CT molecular complexity index is 992. The number of fused-ring (bicyclic) bond motifs is 1. The summed E-state index contributed by atoms with van der Waals surface area (Å²) in [7, 11) is 1.59. The lowest BCUT2D eigenvalue weighted by atomic mass is 10.2. The molecule has 2 aromatic carbocycles. The monoisotopic (exact) mass is 413 g/mol. The van der Waals surface area contributed by atoms with Crippen molar-refractivity contribution in [2.75, 3.05) is 19.0 Å². The Morgan fingerprint density at radius 2 is 1.93 bits per heavy atom. The molecule has 1 amide bonds.